The predicted octanol–water partition coefficient (Wildman–Crippen LogP) is 1.29. The molecule has 0 radical (unpaired) electrons. The first-order valence-electron chi connectivity index (χ1n) is 8.05. The van der Waals surface area contributed by atoms with Crippen molar-refractivity contribution in [3.8, 4) is 0 Å². The number of hydrogen-bond acceptors (Lipinski definition) is 6. The normalized spacial score (nSPS) is 10.8. The Kier molecular flexibility index (Phi) is 5.53. The molecule has 3 rings (SSSR count). The van der Waals surface area contributed by atoms with Crippen LogP contribution in [0.1, 0.15) is 27.6 Å². The molecule has 8 heteroatoms. The number of nitrogens with one attached hydrogen (secondary N) is 2. The highest BCUT2D eigenvalue weighted by Crippen LogP contribution is 2.00. The van der Waals surface area contributed by atoms with Crippen LogP contribution in [0, 0.1) is 6.92 Å². The molecule has 0 bridgehead atoms. The third kappa shape index (κ3) is 4.98. The second kappa shape index (κ2) is 8.20. The van der Waals surface area contributed by atoms with E-state index >= 15 is 0 Å². The Morgan fingerprint density at radius 1 is 1.24 bits per heavy atom. The molecule has 130 valence electrons. The van der Waals surface area contributed by atoms with E-state index in [0.29, 0.717) is 23.8 Å². The van der Waals surface area contributed by atoms with Gasteiger partial charge in [0.2, 0.25) is 5.89 Å². The lowest BCUT2D eigenvalue weighted by Crippen LogP contribution is -2.23. The predicted molar refractivity (Wildman–Crippen MR) is 90.6 cm³/mol. The third-order valence-corrected chi connectivity index (χ3v) is 3.51. The number of carbonyl (C=O) groups is 1. The Hall–Kier alpha value is -3.00. The average Bonchev–Trinajstić information content (AvgIpc) is 3.26. The van der Waals surface area contributed by atoms with E-state index in [4.69, 9.17) is 4.52 Å². The van der Waals surface area contributed by atoms with Gasteiger partial charge in [0, 0.05) is 18.3 Å². The van der Waals surface area contributed by atoms with Gasteiger partial charge in [-0.05, 0) is 24.6 Å². The van der Waals surface area contributed by atoms with Crippen molar-refractivity contribution < 1.29 is 9.32 Å². The quantitative estimate of drug-likeness (QED) is 0.600. The van der Waals surface area contributed by atoms with Crippen LogP contribution in [0.3, 0.4) is 0 Å². The summed E-state index contributed by atoms with van der Waals surface area (Å²) in [6.07, 6.45) is 3.82. The zero-order valence-corrected chi connectivity index (χ0v) is 14.0. The van der Waals surface area contributed by atoms with Crippen molar-refractivity contribution in [2.24, 2.45) is 0 Å². The van der Waals surface area contributed by atoms with E-state index in [0.717, 1.165) is 18.7 Å². The van der Waals surface area contributed by atoms with Crippen LogP contribution in [-0.2, 0) is 19.6 Å². The number of carbonyl (C=O) groups excluding carboxylic acids is 1. The lowest BCUT2D eigenvalue weighted by Gasteiger charge is -2.02. The second-order valence-corrected chi connectivity index (χ2v) is 5.61. The summed E-state index contributed by atoms with van der Waals surface area (Å²) in [4.78, 5) is 16.2. The zero-order valence-electron chi connectivity index (χ0n) is 14.0. The molecule has 1 amide bonds. The fraction of sp³-hybridized carbons (Fsp3) is 0.294. The lowest BCUT2D eigenvalue weighted by molar-refractivity contribution is 0.0949. The molecule has 0 fully saturated rings. The van der Waals surface area contributed by atoms with Gasteiger partial charge in [0.15, 0.2) is 5.82 Å². The van der Waals surface area contributed by atoms with Gasteiger partial charge in [-0.2, -0.15) is 10.1 Å². The summed E-state index contributed by atoms with van der Waals surface area (Å²) in [6, 6.07) is 9.00. The van der Waals surface area contributed by atoms with E-state index in [2.05, 4.69) is 25.9 Å². The number of benzene rings is 1. The largest absolute Gasteiger partial charge is 0.345 e. The molecule has 0 saturated heterocycles. The number of rotatable bonds is 8. The molecular formula is C17H20N6O2. The molecule has 2 heterocycles. The summed E-state index contributed by atoms with van der Waals surface area (Å²) >= 11 is 0. The molecule has 0 aliphatic rings. The Labute approximate surface area is 145 Å². The molecule has 0 aliphatic heterocycles. The summed E-state index contributed by atoms with van der Waals surface area (Å²) in [5.41, 5.74) is 1.74. The van der Waals surface area contributed by atoms with Crippen LogP contribution in [0.4, 0.5) is 0 Å². The molecule has 0 atom stereocenters. The van der Waals surface area contributed by atoms with E-state index in [1.165, 1.54) is 0 Å². The minimum absolute atomic E-state index is 0.167. The fourth-order valence-corrected chi connectivity index (χ4v) is 2.26. The van der Waals surface area contributed by atoms with Crippen LogP contribution in [0.15, 0.2) is 47.2 Å². The summed E-state index contributed by atoms with van der Waals surface area (Å²) in [5.74, 6) is 0.768. The number of aryl methyl sites for hydroxylation is 1. The van der Waals surface area contributed by atoms with E-state index in [9.17, 15) is 4.79 Å². The third-order valence-electron chi connectivity index (χ3n) is 3.51. The maximum atomic E-state index is 12.0. The van der Waals surface area contributed by atoms with Crippen molar-refractivity contribution in [3.63, 3.8) is 0 Å². The second-order valence-electron chi connectivity index (χ2n) is 5.61. The highest BCUT2D eigenvalue weighted by Gasteiger charge is 2.09. The maximum absolute atomic E-state index is 12.0. The number of nitrogens with zero attached hydrogens (tertiary/aromatic N) is 4. The van der Waals surface area contributed by atoms with Crippen molar-refractivity contribution in [3.05, 3.63) is 65.6 Å². The Bertz CT molecular complexity index is 811. The topological polar surface area (TPSA) is 97.9 Å². The van der Waals surface area contributed by atoms with Crippen LogP contribution in [-0.4, -0.2) is 32.4 Å². The highest BCUT2D eigenvalue weighted by atomic mass is 16.5. The molecule has 8 nitrogen and oxygen atoms in total. The monoisotopic (exact) mass is 340 g/mol. The first-order valence-corrected chi connectivity index (χ1v) is 8.05. The standard InChI is InChI=1S/C17H20N6O2/c1-13-9-20-23(12-13)8-7-18-11-16-21-15(22-25-16)10-19-17(24)14-5-3-2-4-6-14/h2-6,9,12,18H,7-8,10-11H2,1H3,(H,19,24). The first kappa shape index (κ1) is 16.8. The average molecular weight is 340 g/mol. The molecule has 0 aliphatic carbocycles. The molecule has 0 spiro atoms. The highest BCUT2D eigenvalue weighted by molar-refractivity contribution is 5.93. The van der Waals surface area contributed by atoms with Gasteiger partial charge < -0.3 is 15.2 Å². The smallest absolute Gasteiger partial charge is 0.251 e. The SMILES string of the molecule is Cc1cnn(CCNCc2nc(CNC(=O)c3ccccc3)no2)c1. The Morgan fingerprint density at radius 2 is 2.08 bits per heavy atom. The molecule has 2 aromatic heterocycles. The summed E-state index contributed by atoms with van der Waals surface area (Å²) < 4.78 is 7.04. The van der Waals surface area contributed by atoms with Gasteiger partial charge in [0.25, 0.3) is 5.91 Å². The van der Waals surface area contributed by atoms with Gasteiger partial charge >= 0.3 is 0 Å². The van der Waals surface area contributed by atoms with E-state index in [1.54, 1.807) is 12.1 Å². The van der Waals surface area contributed by atoms with E-state index in [1.807, 2.05) is 42.2 Å². The molecule has 1 aromatic carbocycles. The van der Waals surface area contributed by atoms with E-state index in [-0.39, 0.29) is 12.5 Å². The van der Waals surface area contributed by atoms with Gasteiger partial charge in [0.05, 0.1) is 25.8 Å². The summed E-state index contributed by atoms with van der Waals surface area (Å²) in [6.45, 7) is 4.21. The van der Waals surface area contributed by atoms with Gasteiger partial charge in [0.1, 0.15) is 0 Å². The van der Waals surface area contributed by atoms with Crippen LogP contribution in [0.2, 0.25) is 0 Å². The van der Waals surface area contributed by atoms with E-state index < -0.39 is 0 Å². The number of aromatic nitrogens is 4. The summed E-state index contributed by atoms with van der Waals surface area (Å²) in [7, 11) is 0. The lowest BCUT2D eigenvalue weighted by atomic mass is 10.2. The van der Waals surface area contributed by atoms with Crippen LogP contribution in [0.5, 0.6) is 0 Å². The van der Waals surface area contributed by atoms with Crippen molar-refractivity contribution >= 4 is 5.91 Å². The molecule has 2 N–H and O–H groups in total. The zero-order chi connectivity index (χ0) is 17.5. The number of hydrogen-bond donors (Lipinski definition) is 2. The van der Waals surface area contributed by atoms with Crippen molar-refractivity contribution in [2.75, 3.05) is 6.54 Å². The number of amides is 1. The van der Waals surface area contributed by atoms with Crippen LogP contribution >= 0.6 is 0 Å². The van der Waals surface area contributed by atoms with Gasteiger partial charge in [-0.3, -0.25) is 9.48 Å². The molecule has 0 saturated carbocycles. The van der Waals surface area contributed by atoms with Crippen molar-refractivity contribution in [1.29, 1.82) is 0 Å². The molecule has 25 heavy (non-hydrogen) atoms. The molecule has 3 aromatic rings. The summed E-state index contributed by atoms with van der Waals surface area (Å²) in [5, 5.41) is 14.1. The van der Waals surface area contributed by atoms with Crippen LogP contribution < -0.4 is 10.6 Å². The van der Waals surface area contributed by atoms with Gasteiger partial charge in [-0.15, -0.1) is 0 Å². The van der Waals surface area contributed by atoms with Gasteiger partial charge in [-0.1, -0.05) is 23.4 Å². The molecule has 0 unspecified atom stereocenters. The molecular weight excluding hydrogens is 320 g/mol. The Balaban J connectivity index is 1.39. The van der Waals surface area contributed by atoms with Crippen LogP contribution in [0.25, 0.3) is 0 Å². The van der Waals surface area contributed by atoms with Gasteiger partial charge in [-0.25, -0.2) is 0 Å². The van der Waals surface area contributed by atoms with Crippen molar-refractivity contribution in [1.82, 2.24) is 30.6 Å². The maximum Gasteiger partial charge on any atom is 0.251 e. The fourth-order valence-electron chi connectivity index (χ4n) is 2.26. The minimum atomic E-state index is -0.167. The minimum Gasteiger partial charge on any atom is -0.345 e. The van der Waals surface area contributed by atoms with Crippen molar-refractivity contribution in [2.45, 2.75) is 26.6 Å². The first-order chi connectivity index (χ1) is 12.2. The Morgan fingerprint density at radius 3 is 2.84 bits per heavy atom.